The molecule has 0 heterocycles. The van der Waals surface area contributed by atoms with Gasteiger partial charge in [-0.15, -0.1) is 0 Å². The first-order valence-corrected chi connectivity index (χ1v) is 8.49. The average Bonchev–Trinajstić information content (AvgIpc) is 2.72. The smallest absolute Gasteiger partial charge is 0.337 e. The van der Waals surface area contributed by atoms with Crippen molar-refractivity contribution in [2.45, 2.75) is 6.54 Å². The van der Waals surface area contributed by atoms with Gasteiger partial charge < -0.3 is 10.1 Å². The lowest BCUT2D eigenvalue weighted by atomic mass is 10.1. The van der Waals surface area contributed by atoms with Crippen LogP contribution in [0.1, 0.15) is 27.0 Å². The molecule has 3 aromatic carbocycles. The molecule has 0 bridgehead atoms. The van der Waals surface area contributed by atoms with Crippen LogP contribution in [0.3, 0.4) is 0 Å². The minimum Gasteiger partial charge on any atom is -0.465 e. The van der Waals surface area contributed by atoms with Gasteiger partial charge in [-0.1, -0.05) is 72.8 Å². The van der Waals surface area contributed by atoms with Gasteiger partial charge in [-0.2, -0.15) is 0 Å². The molecule has 26 heavy (non-hydrogen) atoms. The molecule has 0 atom stereocenters. The Bertz CT molecular complexity index is 884. The molecule has 0 fully saturated rings. The lowest BCUT2D eigenvalue weighted by Crippen LogP contribution is -2.00. The Kier molecular flexibility index (Phi) is 5.84. The van der Waals surface area contributed by atoms with E-state index in [0.717, 1.165) is 23.4 Å². The summed E-state index contributed by atoms with van der Waals surface area (Å²) in [4.78, 5) is 11.5. The number of esters is 1. The van der Waals surface area contributed by atoms with Crippen LogP contribution in [0.4, 0.5) is 5.69 Å². The first-order chi connectivity index (χ1) is 12.8. The molecule has 0 radical (unpaired) electrons. The second-order valence-corrected chi connectivity index (χ2v) is 5.87. The lowest BCUT2D eigenvalue weighted by Gasteiger charge is -2.09. The van der Waals surface area contributed by atoms with Crippen molar-refractivity contribution in [1.82, 2.24) is 0 Å². The quantitative estimate of drug-likeness (QED) is 0.490. The van der Waals surface area contributed by atoms with Gasteiger partial charge in [0, 0.05) is 12.2 Å². The molecular weight excluding hydrogens is 322 g/mol. The van der Waals surface area contributed by atoms with Gasteiger partial charge >= 0.3 is 5.97 Å². The van der Waals surface area contributed by atoms with Crippen LogP contribution in [-0.4, -0.2) is 13.1 Å². The summed E-state index contributed by atoms with van der Waals surface area (Å²) in [6.45, 7) is 0.777. The first-order valence-electron chi connectivity index (χ1n) is 8.49. The molecule has 0 spiro atoms. The van der Waals surface area contributed by atoms with Crippen molar-refractivity contribution in [3.05, 3.63) is 101 Å². The summed E-state index contributed by atoms with van der Waals surface area (Å²) >= 11 is 0. The van der Waals surface area contributed by atoms with Crippen molar-refractivity contribution < 1.29 is 9.53 Å². The minimum absolute atomic E-state index is 0.323. The molecule has 3 aromatic rings. The van der Waals surface area contributed by atoms with Gasteiger partial charge in [0.05, 0.1) is 12.7 Å². The van der Waals surface area contributed by atoms with Crippen LogP contribution in [-0.2, 0) is 11.3 Å². The molecule has 3 rings (SSSR count). The van der Waals surface area contributed by atoms with Crippen LogP contribution in [0.5, 0.6) is 0 Å². The van der Waals surface area contributed by atoms with Crippen LogP contribution in [0, 0.1) is 0 Å². The van der Waals surface area contributed by atoms with Crippen LogP contribution in [0.15, 0.2) is 78.9 Å². The summed E-state index contributed by atoms with van der Waals surface area (Å²) in [5, 5.41) is 3.49. The SMILES string of the molecule is COC(=O)c1ccc(/C=C/c2ccccc2NCc2ccccc2)cc1. The largest absolute Gasteiger partial charge is 0.465 e. The maximum Gasteiger partial charge on any atom is 0.337 e. The number of carbonyl (C=O) groups is 1. The van der Waals surface area contributed by atoms with E-state index in [9.17, 15) is 4.79 Å². The number of anilines is 1. The zero-order chi connectivity index (χ0) is 18.2. The summed E-state index contributed by atoms with van der Waals surface area (Å²) in [6.07, 6.45) is 4.10. The number of carbonyl (C=O) groups excluding carboxylic acids is 1. The van der Waals surface area contributed by atoms with Gasteiger partial charge in [0.1, 0.15) is 0 Å². The van der Waals surface area contributed by atoms with E-state index in [1.165, 1.54) is 12.7 Å². The van der Waals surface area contributed by atoms with Crippen LogP contribution < -0.4 is 5.32 Å². The molecule has 0 saturated carbocycles. The second kappa shape index (κ2) is 8.67. The van der Waals surface area contributed by atoms with E-state index in [0.29, 0.717) is 5.56 Å². The molecule has 0 aliphatic rings. The maximum absolute atomic E-state index is 11.5. The van der Waals surface area contributed by atoms with Gasteiger partial charge in [0.15, 0.2) is 0 Å². The van der Waals surface area contributed by atoms with Crippen LogP contribution >= 0.6 is 0 Å². The number of benzene rings is 3. The highest BCUT2D eigenvalue weighted by Gasteiger charge is 2.03. The van der Waals surface area contributed by atoms with Crippen molar-refractivity contribution in [3.63, 3.8) is 0 Å². The van der Waals surface area contributed by atoms with Crippen LogP contribution in [0.25, 0.3) is 12.2 Å². The van der Waals surface area contributed by atoms with Gasteiger partial charge in [0.2, 0.25) is 0 Å². The number of hydrogen-bond acceptors (Lipinski definition) is 3. The highest BCUT2D eigenvalue weighted by atomic mass is 16.5. The fraction of sp³-hybridized carbons (Fsp3) is 0.0870. The Morgan fingerprint density at radius 1 is 0.885 bits per heavy atom. The number of rotatable bonds is 6. The van der Waals surface area contributed by atoms with E-state index in [1.54, 1.807) is 12.1 Å². The number of hydrogen-bond donors (Lipinski definition) is 1. The van der Waals surface area contributed by atoms with E-state index < -0.39 is 0 Å². The zero-order valence-corrected chi connectivity index (χ0v) is 14.7. The number of ether oxygens (including phenoxy) is 1. The minimum atomic E-state index is -0.323. The standard InChI is InChI=1S/C23H21NO2/c1-26-23(25)21-15-12-18(13-16-21)11-14-20-9-5-6-10-22(20)24-17-19-7-3-2-4-8-19/h2-16,24H,17H2,1H3/b14-11+. The summed E-state index contributed by atoms with van der Waals surface area (Å²) in [5.74, 6) is -0.323. The third-order valence-corrected chi connectivity index (χ3v) is 4.07. The molecule has 3 nitrogen and oxygen atoms in total. The number of methoxy groups -OCH3 is 1. The van der Waals surface area contributed by atoms with E-state index in [2.05, 4.69) is 35.7 Å². The van der Waals surface area contributed by atoms with Crippen LogP contribution in [0.2, 0.25) is 0 Å². The van der Waals surface area contributed by atoms with Crippen molar-refractivity contribution in [2.24, 2.45) is 0 Å². The lowest BCUT2D eigenvalue weighted by molar-refractivity contribution is 0.0600. The Balaban J connectivity index is 1.71. The van der Waals surface area contributed by atoms with Gasteiger partial charge in [0.25, 0.3) is 0 Å². The normalized spacial score (nSPS) is 10.7. The summed E-state index contributed by atoms with van der Waals surface area (Å²) in [5.41, 5.74) is 5.01. The Hall–Kier alpha value is -3.33. The molecule has 3 heteroatoms. The van der Waals surface area contributed by atoms with Crippen molar-refractivity contribution >= 4 is 23.8 Å². The van der Waals surface area contributed by atoms with E-state index in [4.69, 9.17) is 4.74 Å². The van der Waals surface area contributed by atoms with Crippen molar-refractivity contribution in [2.75, 3.05) is 12.4 Å². The summed E-state index contributed by atoms with van der Waals surface area (Å²) in [6, 6.07) is 25.9. The van der Waals surface area contributed by atoms with Crippen molar-refractivity contribution in [3.8, 4) is 0 Å². The topological polar surface area (TPSA) is 38.3 Å². The highest BCUT2D eigenvalue weighted by Crippen LogP contribution is 2.19. The molecular formula is C23H21NO2. The molecule has 130 valence electrons. The third kappa shape index (κ3) is 4.61. The van der Waals surface area contributed by atoms with Gasteiger partial charge in [-0.25, -0.2) is 4.79 Å². The molecule has 1 N–H and O–H groups in total. The average molecular weight is 343 g/mol. The molecule has 0 aromatic heterocycles. The third-order valence-electron chi connectivity index (χ3n) is 4.07. The Labute approximate surface area is 154 Å². The Morgan fingerprint density at radius 2 is 1.58 bits per heavy atom. The van der Waals surface area contributed by atoms with Gasteiger partial charge in [-0.05, 0) is 34.9 Å². The van der Waals surface area contributed by atoms with E-state index in [-0.39, 0.29) is 5.97 Å². The van der Waals surface area contributed by atoms with E-state index in [1.807, 2.05) is 48.5 Å². The van der Waals surface area contributed by atoms with Crippen molar-refractivity contribution in [1.29, 1.82) is 0 Å². The number of nitrogens with one attached hydrogen (secondary N) is 1. The zero-order valence-electron chi connectivity index (χ0n) is 14.7. The number of para-hydroxylation sites is 1. The predicted molar refractivity (Wildman–Crippen MR) is 107 cm³/mol. The Morgan fingerprint density at radius 3 is 2.31 bits per heavy atom. The van der Waals surface area contributed by atoms with Gasteiger partial charge in [-0.3, -0.25) is 0 Å². The second-order valence-electron chi connectivity index (χ2n) is 5.87. The first kappa shape index (κ1) is 17.5. The fourth-order valence-electron chi connectivity index (χ4n) is 2.63. The highest BCUT2D eigenvalue weighted by molar-refractivity contribution is 5.89. The molecule has 0 aliphatic carbocycles. The maximum atomic E-state index is 11.5. The molecule has 0 aliphatic heterocycles. The molecule has 0 unspecified atom stereocenters. The van der Waals surface area contributed by atoms with E-state index >= 15 is 0 Å². The summed E-state index contributed by atoms with van der Waals surface area (Å²) in [7, 11) is 1.38. The molecule has 0 amide bonds. The fourth-order valence-corrected chi connectivity index (χ4v) is 2.63. The monoisotopic (exact) mass is 343 g/mol. The summed E-state index contributed by atoms with van der Waals surface area (Å²) < 4.78 is 4.72. The molecule has 0 saturated heterocycles. The predicted octanol–water partition coefficient (Wildman–Crippen LogP) is 5.26.